The fourth-order valence-corrected chi connectivity index (χ4v) is 1.10. The summed E-state index contributed by atoms with van der Waals surface area (Å²) in [7, 11) is 0. The smallest absolute Gasteiger partial charge is 0.162 e. The standard InChI is InChI=1S/C10H10ClFO2/c1-7(13)9-3-2-8(6-10(9)12)14-5-4-11/h2-3,6H,4-5H2,1H3. The molecule has 0 bridgehead atoms. The van der Waals surface area contributed by atoms with Gasteiger partial charge in [-0.05, 0) is 19.1 Å². The molecule has 76 valence electrons. The Morgan fingerprint density at radius 1 is 1.57 bits per heavy atom. The molecule has 2 nitrogen and oxygen atoms in total. The minimum absolute atomic E-state index is 0.0724. The van der Waals surface area contributed by atoms with Gasteiger partial charge in [-0.15, -0.1) is 11.6 Å². The third kappa shape index (κ3) is 2.70. The van der Waals surface area contributed by atoms with Crippen molar-refractivity contribution in [2.24, 2.45) is 0 Å². The number of ether oxygens (including phenoxy) is 1. The summed E-state index contributed by atoms with van der Waals surface area (Å²) < 4.78 is 18.3. The van der Waals surface area contributed by atoms with Gasteiger partial charge in [0, 0.05) is 6.07 Å². The lowest BCUT2D eigenvalue weighted by Crippen LogP contribution is -2.01. The normalized spacial score (nSPS) is 9.93. The Morgan fingerprint density at radius 3 is 2.79 bits per heavy atom. The molecule has 1 aromatic carbocycles. The molecule has 0 fully saturated rings. The highest BCUT2D eigenvalue weighted by atomic mass is 35.5. The van der Waals surface area contributed by atoms with Gasteiger partial charge in [-0.2, -0.15) is 0 Å². The first-order chi connectivity index (χ1) is 6.65. The monoisotopic (exact) mass is 216 g/mol. The van der Waals surface area contributed by atoms with Gasteiger partial charge in [0.15, 0.2) is 5.78 Å². The van der Waals surface area contributed by atoms with E-state index in [4.69, 9.17) is 16.3 Å². The van der Waals surface area contributed by atoms with Crippen molar-refractivity contribution in [3.63, 3.8) is 0 Å². The number of ketones is 1. The molecule has 0 aromatic heterocycles. The fraction of sp³-hybridized carbons (Fsp3) is 0.300. The largest absolute Gasteiger partial charge is 0.492 e. The van der Waals surface area contributed by atoms with Crippen molar-refractivity contribution in [3.05, 3.63) is 29.6 Å². The molecule has 1 aromatic rings. The second-order valence-corrected chi connectivity index (χ2v) is 3.11. The van der Waals surface area contributed by atoms with Crippen molar-refractivity contribution in [3.8, 4) is 5.75 Å². The topological polar surface area (TPSA) is 26.3 Å². The quantitative estimate of drug-likeness (QED) is 0.571. The van der Waals surface area contributed by atoms with Gasteiger partial charge < -0.3 is 4.74 Å². The molecule has 0 saturated carbocycles. The van der Waals surface area contributed by atoms with Crippen LogP contribution in [0.2, 0.25) is 0 Å². The van der Waals surface area contributed by atoms with Crippen molar-refractivity contribution >= 4 is 17.4 Å². The minimum atomic E-state index is -0.565. The van der Waals surface area contributed by atoms with E-state index in [0.717, 1.165) is 0 Å². The van der Waals surface area contributed by atoms with Crippen LogP contribution >= 0.6 is 11.6 Å². The van der Waals surface area contributed by atoms with Gasteiger partial charge in [-0.3, -0.25) is 4.79 Å². The van der Waals surface area contributed by atoms with Gasteiger partial charge in [0.2, 0.25) is 0 Å². The Kier molecular flexibility index (Phi) is 3.89. The third-order valence-corrected chi connectivity index (χ3v) is 1.82. The number of rotatable bonds is 4. The Bertz CT molecular complexity index is 339. The summed E-state index contributed by atoms with van der Waals surface area (Å²) in [6.45, 7) is 1.64. The zero-order valence-corrected chi connectivity index (χ0v) is 8.47. The van der Waals surface area contributed by atoms with E-state index >= 15 is 0 Å². The van der Waals surface area contributed by atoms with Gasteiger partial charge in [0.25, 0.3) is 0 Å². The van der Waals surface area contributed by atoms with E-state index in [2.05, 4.69) is 0 Å². The van der Waals surface area contributed by atoms with Gasteiger partial charge in [-0.1, -0.05) is 0 Å². The lowest BCUT2D eigenvalue weighted by atomic mass is 10.1. The zero-order valence-electron chi connectivity index (χ0n) is 7.72. The predicted molar refractivity (Wildman–Crippen MR) is 52.6 cm³/mol. The van der Waals surface area contributed by atoms with Crippen molar-refractivity contribution in [2.45, 2.75) is 6.92 Å². The van der Waals surface area contributed by atoms with Crippen LogP contribution in [-0.2, 0) is 0 Å². The zero-order chi connectivity index (χ0) is 10.6. The van der Waals surface area contributed by atoms with E-state index in [9.17, 15) is 9.18 Å². The Labute approximate surface area is 86.6 Å². The fourth-order valence-electron chi connectivity index (χ4n) is 1.03. The first kappa shape index (κ1) is 11.0. The summed E-state index contributed by atoms with van der Waals surface area (Å²) in [6, 6.07) is 4.14. The maximum atomic E-state index is 13.2. The molecule has 0 aliphatic carbocycles. The molecule has 0 N–H and O–H groups in total. The average molecular weight is 217 g/mol. The lowest BCUT2D eigenvalue weighted by molar-refractivity contribution is 0.101. The molecule has 0 amide bonds. The van der Waals surface area contributed by atoms with Crippen LogP contribution in [-0.4, -0.2) is 18.3 Å². The van der Waals surface area contributed by atoms with E-state index in [1.165, 1.54) is 19.1 Å². The molecule has 0 aliphatic heterocycles. The number of Topliss-reactive ketones (excluding diaryl/α,β-unsaturated/α-hetero) is 1. The van der Waals surface area contributed by atoms with Crippen LogP contribution in [0.1, 0.15) is 17.3 Å². The molecule has 0 saturated heterocycles. The number of alkyl halides is 1. The molecule has 14 heavy (non-hydrogen) atoms. The average Bonchev–Trinajstić information content (AvgIpc) is 2.14. The Balaban J connectivity index is 2.83. The van der Waals surface area contributed by atoms with Crippen molar-refractivity contribution in [1.82, 2.24) is 0 Å². The van der Waals surface area contributed by atoms with Crippen molar-refractivity contribution in [1.29, 1.82) is 0 Å². The summed E-state index contributed by atoms with van der Waals surface area (Å²) in [4.78, 5) is 10.9. The highest BCUT2D eigenvalue weighted by molar-refractivity contribution is 6.18. The van der Waals surface area contributed by atoms with Gasteiger partial charge in [0.05, 0.1) is 11.4 Å². The van der Waals surface area contributed by atoms with Crippen LogP contribution in [0.4, 0.5) is 4.39 Å². The van der Waals surface area contributed by atoms with E-state index in [1.54, 1.807) is 6.07 Å². The number of hydrogen-bond donors (Lipinski definition) is 0. The minimum Gasteiger partial charge on any atom is -0.492 e. The summed E-state index contributed by atoms with van der Waals surface area (Å²) in [5, 5.41) is 0. The van der Waals surface area contributed by atoms with E-state index in [-0.39, 0.29) is 11.3 Å². The van der Waals surface area contributed by atoms with Crippen LogP contribution < -0.4 is 4.74 Å². The Hall–Kier alpha value is -1.09. The number of carbonyl (C=O) groups is 1. The SMILES string of the molecule is CC(=O)c1ccc(OCCCl)cc1F. The second kappa shape index (κ2) is 4.96. The van der Waals surface area contributed by atoms with Crippen molar-refractivity contribution < 1.29 is 13.9 Å². The van der Waals surface area contributed by atoms with Crippen LogP contribution in [0.3, 0.4) is 0 Å². The second-order valence-electron chi connectivity index (χ2n) is 2.74. The maximum Gasteiger partial charge on any atom is 0.162 e. The summed E-state index contributed by atoms with van der Waals surface area (Å²) in [6.07, 6.45) is 0. The van der Waals surface area contributed by atoms with E-state index in [0.29, 0.717) is 18.2 Å². The first-order valence-corrected chi connectivity index (χ1v) is 4.68. The number of halogens is 2. The molecule has 0 aliphatic rings. The predicted octanol–water partition coefficient (Wildman–Crippen LogP) is 2.65. The molecule has 0 unspecified atom stereocenters. The van der Waals surface area contributed by atoms with Crippen LogP contribution in [0, 0.1) is 5.82 Å². The molecule has 0 atom stereocenters. The lowest BCUT2D eigenvalue weighted by Gasteiger charge is -2.05. The van der Waals surface area contributed by atoms with Gasteiger partial charge in [0.1, 0.15) is 18.2 Å². The molecular formula is C10H10ClFO2. The summed E-state index contributed by atoms with van der Waals surface area (Å²) in [5.41, 5.74) is 0.0724. The number of hydrogen-bond acceptors (Lipinski definition) is 2. The molecule has 0 heterocycles. The molecule has 0 spiro atoms. The van der Waals surface area contributed by atoms with E-state index in [1.807, 2.05) is 0 Å². The van der Waals surface area contributed by atoms with E-state index < -0.39 is 5.82 Å². The summed E-state index contributed by atoms with van der Waals surface area (Å²) in [5.74, 6) is -0.139. The summed E-state index contributed by atoms with van der Waals surface area (Å²) >= 11 is 5.40. The first-order valence-electron chi connectivity index (χ1n) is 4.14. The molecule has 4 heteroatoms. The van der Waals surface area contributed by atoms with Crippen molar-refractivity contribution in [2.75, 3.05) is 12.5 Å². The number of carbonyl (C=O) groups excluding carboxylic acids is 1. The third-order valence-electron chi connectivity index (χ3n) is 1.67. The van der Waals surface area contributed by atoms with Gasteiger partial charge in [-0.25, -0.2) is 4.39 Å². The maximum absolute atomic E-state index is 13.2. The van der Waals surface area contributed by atoms with Gasteiger partial charge >= 0.3 is 0 Å². The van der Waals surface area contributed by atoms with Crippen LogP contribution in [0.15, 0.2) is 18.2 Å². The number of benzene rings is 1. The van der Waals surface area contributed by atoms with Crippen LogP contribution in [0.25, 0.3) is 0 Å². The highest BCUT2D eigenvalue weighted by Crippen LogP contribution is 2.16. The molecule has 0 radical (unpaired) electrons. The molecular weight excluding hydrogens is 207 g/mol. The molecule has 1 rings (SSSR count). The van der Waals surface area contributed by atoms with Crippen LogP contribution in [0.5, 0.6) is 5.75 Å². The Morgan fingerprint density at radius 2 is 2.29 bits per heavy atom. The highest BCUT2D eigenvalue weighted by Gasteiger charge is 2.07.